The van der Waals surface area contributed by atoms with Crippen molar-refractivity contribution in [2.45, 2.75) is 12.8 Å². The fourth-order valence-electron chi connectivity index (χ4n) is 1.35. The van der Waals surface area contributed by atoms with E-state index < -0.39 is 0 Å². The Labute approximate surface area is 92.0 Å². The zero-order chi connectivity index (χ0) is 8.39. The number of fused-ring (bicyclic) bond motifs is 1. The molecule has 0 saturated heterocycles. The number of rotatable bonds is 2. The summed E-state index contributed by atoms with van der Waals surface area (Å²) in [5, 5.41) is 8.07. The van der Waals surface area contributed by atoms with Gasteiger partial charge in [-0.05, 0) is 17.7 Å². The number of nitrogens with zero attached hydrogens (tertiary/aromatic N) is 1. The molecule has 0 aliphatic carbocycles. The number of aryl methyl sites for hydroxylation is 1. The number of nitrogens with one attached hydrogen (secondary N) is 1. The molecule has 1 N–H and O–H groups in total. The second-order valence-corrected chi connectivity index (χ2v) is 2.90. The van der Waals surface area contributed by atoms with Crippen molar-refractivity contribution in [2.75, 3.05) is 0 Å². The van der Waals surface area contributed by atoms with E-state index in [9.17, 15) is 0 Å². The van der Waals surface area contributed by atoms with Crippen molar-refractivity contribution in [1.82, 2.24) is 10.2 Å². The van der Waals surface area contributed by atoms with Gasteiger partial charge in [0.2, 0.25) is 0 Å². The van der Waals surface area contributed by atoms with Gasteiger partial charge in [0.25, 0.3) is 0 Å². The smallest absolute Gasteiger partial charge is 0.0650 e. The fourth-order valence-corrected chi connectivity index (χ4v) is 1.35. The summed E-state index contributed by atoms with van der Waals surface area (Å²) in [6.07, 6.45) is 3.84. The first-order chi connectivity index (χ1) is 5.90. The monoisotopic (exact) mass is 343 g/mol. The third kappa shape index (κ3) is 2.19. The summed E-state index contributed by atoms with van der Waals surface area (Å²) in [5.74, 6) is 0. The normalized spacial score (nSPS) is 9.92. The molecular formula is C10H11N2W-. The number of hydrogen-bond donors (Lipinski definition) is 1. The van der Waals surface area contributed by atoms with Crippen LogP contribution in [-0.2, 0) is 27.5 Å². The predicted octanol–water partition coefficient (Wildman–Crippen LogP) is 2.33. The third-order valence-electron chi connectivity index (χ3n) is 1.97. The van der Waals surface area contributed by atoms with Gasteiger partial charge in [-0.2, -0.15) is 11.5 Å². The van der Waals surface area contributed by atoms with Crippen LogP contribution in [0.25, 0.3) is 10.9 Å². The van der Waals surface area contributed by atoms with E-state index in [1.54, 1.807) is 0 Å². The molecule has 2 nitrogen and oxygen atoms in total. The van der Waals surface area contributed by atoms with Crippen LogP contribution in [-0.4, -0.2) is 10.2 Å². The number of aromatic amines is 1. The predicted molar refractivity (Wildman–Crippen MR) is 49.8 cm³/mol. The first kappa shape index (κ1) is 10.5. The van der Waals surface area contributed by atoms with Gasteiger partial charge in [-0.1, -0.05) is 12.5 Å². The van der Waals surface area contributed by atoms with Crippen LogP contribution in [0.2, 0.25) is 0 Å². The molecule has 0 spiro atoms. The minimum atomic E-state index is 0. The Morgan fingerprint density at radius 2 is 2.23 bits per heavy atom. The second kappa shape index (κ2) is 4.57. The molecule has 2 rings (SSSR count). The molecule has 0 unspecified atom stereocenters. The molecule has 13 heavy (non-hydrogen) atoms. The van der Waals surface area contributed by atoms with Crippen LogP contribution in [0.3, 0.4) is 0 Å². The molecule has 0 saturated carbocycles. The molecule has 0 radical (unpaired) electrons. The largest absolute Gasteiger partial charge is 0.343 e. The number of aromatic nitrogens is 2. The third-order valence-corrected chi connectivity index (χ3v) is 1.97. The van der Waals surface area contributed by atoms with Gasteiger partial charge < -0.3 is 6.92 Å². The first-order valence-electron chi connectivity index (χ1n) is 4.11. The standard InChI is InChI=1S/C10H11N2.W/c1-2-3-8-4-5-10-9(6-8)7-11-12-10;/h4-7H,1-3H2,(H,11,12);/q-1;. The molecule has 0 aliphatic heterocycles. The van der Waals surface area contributed by atoms with Crippen LogP contribution < -0.4 is 0 Å². The SMILES string of the molecule is [CH2-]CCc1ccc2[nH]ncc2c1.[W]. The average molecular weight is 343 g/mol. The average Bonchev–Trinajstić information content (AvgIpc) is 2.51. The molecule has 1 aromatic heterocycles. The molecule has 0 amide bonds. The summed E-state index contributed by atoms with van der Waals surface area (Å²) in [6, 6.07) is 6.34. The Balaban J connectivity index is 0.000000845. The van der Waals surface area contributed by atoms with E-state index in [-0.39, 0.29) is 21.1 Å². The molecule has 0 atom stereocenters. The maximum absolute atomic E-state index is 3.96. The van der Waals surface area contributed by atoms with Gasteiger partial charge in [0, 0.05) is 26.5 Å². The van der Waals surface area contributed by atoms with Crippen molar-refractivity contribution in [3.63, 3.8) is 0 Å². The van der Waals surface area contributed by atoms with E-state index >= 15 is 0 Å². The zero-order valence-electron chi connectivity index (χ0n) is 7.29. The molecule has 0 aliphatic rings. The molecule has 2 aromatic rings. The van der Waals surface area contributed by atoms with Crippen molar-refractivity contribution in [3.05, 3.63) is 36.9 Å². The molecule has 3 heteroatoms. The number of benzene rings is 1. The fraction of sp³-hybridized carbons (Fsp3) is 0.200. The van der Waals surface area contributed by atoms with Gasteiger partial charge in [-0.25, -0.2) is 0 Å². The summed E-state index contributed by atoms with van der Waals surface area (Å²) in [4.78, 5) is 0. The molecule has 0 bridgehead atoms. The van der Waals surface area contributed by atoms with Gasteiger partial charge >= 0.3 is 0 Å². The Hall–Kier alpha value is -0.622. The van der Waals surface area contributed by atoms with Crippen molar-refractivity contribution in [1.29, 1.82) is 0 Å². The Kier molecular flexibility index (Phi) is 3.68. The number of H-pyrrole nitrogens is 1. The van der Waals surface area contributed by atoms with Crippen LogP contribution in [0.5, 0.6) is 0 Å². The minimum Gasteiger partial charge on any atom is -0.343 e. The van der Waals surface area contributed by atoms with Crippen LogP contribution >= 0.6 is 0 Å². The van der Waals surface area contributed by atoms with E-state index in [1.807, 2.05) is 6.20 Å². The Morgan fingerprint density at radius 1 is 1.38 bits per heavy atom. The molecular weight excluding hydrogens is 332 g/mol. The van der Waals surface area contributed by atoms with Crippen LogP contribution in [0.15, 0.2) is 24.4 Å². The first-order valence-corrected chi connectivity index (χ1v) is 4.11. The molecule has 1 aromatic carbocycles. The minimum absolute atomic E-state index is 0. The van der Waals surface area contributed by atoms with Crippen LogP contribution in [0.1, 0.15) is 12.0 Å². The van der Waals surface area contributed by atoms with E-state index in [0.717, 1.165) is 18.4 Å². The van der Waals surface area contributed by atoms with Crippen molar-refractivity contribution in [2.24, 2.45) is 0 Å². The number of hydrogen-bond acceptors (Lipinski definition) is 1. The summed E-state index contributed by atoms with van der Waals surface area (Å²) < 4.78 is 0. The zero-order valence-corrected chi connectivity index (χ0v) is 10.2. The van der Waals surface area contributed by atoms with E-state index in [2.05, 4.69) is 35.3 Å². The topological polar surface area (TPSA) is 28.7 Å². The summed E-state index contributed by atoms with van der Waals surface area (Å²) in [6.45, 7) is 3.83. The van der Waals surface area contributed by atoms with Gasteiger partial charge in [-0.3, -0.25) is 5.10 Å². The van der Waals surface area contributed by atoms with Gasteiger partial charge in [-0.15, -0.1) is 0 Å². The van der Waals surface area contributed by atoms with Crippen molar-refractivity contribution < 1.29 is 21.1 Å². The van der Waals surface area contributed by atoms with Crippen molar-refractivity contribution >= 4 is 10.9 Å². The summed E-state index contributed by atoms with van der Waals surface area (Å²) in [7, 11) is 0. The van der Waals surface area contributed by atoms with Gasteiger partial charge in [0.1, 0.15) is 0 Å². The van der Waals surface area contributed by atoms with E-state index in [1.165, 1.54) is 10.9 Å². The molecule has 1 heterocycles. The van der Waals surface area contributed by atoms with Gasteiger partial charge in [0.05, 0.1) is 11.7 Å². The maximum atomic E-state index is 3.96. The summed E-state index contributed by atoms with van der Waals surface area (Å²) >= 11 is 0. The van der Waals surface area contributed by atoms with E-state index in [0.29, 0.717) is 0 Å². The Bertz CT molecular complexity index is 381. The van der Waals surface area contributed by atoms with E-state index in [4.69, 9.17) is 0 Å². The molecule has 0 fully saturated rings. The van der Waals surface area contributed by atoms with Crippen molar-refractivity contribution in [3.8, 4) is 0 Å². The Morgan fingerprint density at radius 3 is 3.00 bits per heavy atom. The van der Waals surface area contributed by atoms with Gasteiger partial charge in [0.15, 0.2) is 0 Å². The summed E-state index contributed by atoms with van der Waals surface area (Å²) in [5.41, 5.74) is 2.43. The quantitative estimate of drug-likeness (QED) is 0.834. The second-order valence-electron chi connectivity index (χ2n) is 2.90. The molecule has 68 valence electrons. The maximum Gasteiger partial charge on any atom is 0.0650 e. The van der Waals surface area contributed by atoms with Crippen LogP contribution in [0.4, 0.5) is 0 Å². The van der Waals surface area contributed by atoms with Crippen LogP contribution in [0, 0.1) is 6.92 Å².